The van der Waals surface area contributed by atoms with Crippen molar-refractivity contribution >= 4 is 44.5 Å². The Morgan fingerprint density at radius 1 is 0.667 bits per heavy atom. The minimum Gasteiger partial charge on any atom is -0.276 e. The number of rotatable bonds is 2. The molecule has 0 saturated carbocycles. The van der Waals surface area contributed by atoms with Crippen LogP contribution in [0.4, 0.5) is 26.3 Å². The number of carbonyl (C=O) groups excluding carboxylic acids is 2. The standard InChI is InChI=1S/C14H4Cl2F6O2/c15-11(23)5-1-7-8(10(3-5)14(20,21)22)2-6(12(16)24)4-9(7)13(17,18)19/h1-4H. The van der Waals surface area contributed by atoms with Crippen molar-refractivity contribution < 1.29 is 35.9 Å². The van der Waals surface area contributed by atoms with Crippen LogP contribution in [0.15, 0.2) is 24.3 Å². The molecular weight excluding hydrogens is 385 g/mol. The Balaban J connectivity index is 3.08. The Kier molecular flexibility index (Phi) is 4.58. The molecule has 0 atom stereocenters. The second-order valence-electron chi connectivity index (χ2n) is 4.69. The van der Waals surface area contributed by atoms with E-state index in [1.54, 1.807) is 0 Å². The lowest BCUT2D eigenvalue weighted by Gasteiger charge is -2.17. The molecule has 0 saturated heterocycles. The topological polar surface area (TPSA) is 34.1 Å². The molecule has 2 aromatic rings. The van der Waals surface area contributed by atoms with Crippen molar-refractivity contribution in [1.29, 1.82) is 0 Å². The van der Waals surface area contributed by atoms with Crippen LogP contribution in [0, 0.1) is 0 Å². The molecule has 0 N–H and O–H groups in total. The SMILES string of the molecule is O=C(Cl)c1cc(C(F)(F)F)c2cc(C(=O)Cl)cc(C(F)(F)F)c2c1. The van der Waals surface area contributed by atoms with Gasteiger partial charge in [0, 0.05) is 11.1 Å². The first-order valence-corrected chi connectivity index (χ1v) is 6.74. The third-order valence-electron chi connectivity index (χ3n) is 3.13. The van der Waals surface area contributed by atoms with Gasteiger partial charge in [-0.1, -0.05) is 0 Å². The van der Waals surface area contributed by atoms with Gasteiger partial charge in [0.1, 0.15) is 0 Å². The summed E-state index contributed by atoms with van der Waals surface area (Å²) in [5.41, 5.74) is -4.58. The predicted molar refractivity (Wildman–Crippen MR) is 74.3 cm³/mol. The molecule has 0 radical (unpaired) electrons. The van der Waals surface area contributed by atoms with Crippen molar-refractivity contribution in [2.24, 2.45) is 0 Å². The molecule has 0 aliphatic carbocycles. The molecule has 10 heteroatoms. The van der Waals surface area contributed by atoms with E-state index in [1.807, 2.05) is 0 Å². The summed E-state index contributed by atoms with van der Waals surface area (Å²) >= 11 is 10.2. The second-order valence-corrected chi connectivity index (χ2v) is 5.37. The van der Waals surface area contributed by atoms with E-state index in [0.29, 0.717) is 24.3 Å². The zero-order valence-electron chi connectivity index (χ0n) is 11.1. The first-order valence-electron chi connectivity index (χ1n) is 5.98. The van der Waals surface area contributed by atoms with Gasteiger partial charge in [-0.05, 0) is 58.2 Å². The fourth-order valence-electron chi connectivity index (χ4n) is 2.16. The minimum atomic E-state index is -5.09. The molecule has 0 aliphatic heterocycles. The molecule has 0 fully saturated rings. The Labute approximate surface area is 139 Å². The quantitative estimate of drug-likeness (QED) is 0.493. The highest BCUT2D eigenvalue weighted by Gasteiger charge is 2.38. The summed E-state index contributed by atoms with van der Waals surface area (Å²) in [5, 5.41) is -4.54. The molecule has 2 rings (SSSR count). The lowest BCUT2D eigenvalue weighted by molar-refractivity contribution is -0.138. The zero-order valence-corrected chi connectivity index (χ0v) is 12.7. The van der Waals surface area contributed by atoms with E-state index in [2.05, 4.69) is 0 Å². The molecule has 0 bridgehead atoms. The van der Waals surface area contributed by atoms with Crippen LogP contribution in [0.25, 0.3) is 10.8 Å². The third kappa shape index (κ3) is 3.49. The normalized spacial score (nSPS) is 12.5. The average Bonchev–Trinajstić information content (AvgIpc) is 2.42. The second kappa shape index (κ2) is 5.93. The van der Waals surface area contributed by atoms with Gasteiger partial charge in [-0.3, -0.25) is 9.59 Å². The Morgan fingerprint density at radius 3 is 1.17 bits per heavy atom. The van der Waals surface area contributed by atoms with E-state index in [9.17, 15) is 35.9 Å². The Morgan fingerprint density at radius 2 is 0.958 bits per heavy atom. The van der Waals surface area contributed by atoms with Crippen LogP contribution in [0.3, 0.4) is 0 Å². The lowest BCUT2D eigenvalue weighted by Crippen LogP contribution is -2.12. The summed E-state index contributed by atoms with van der Waals surface area (Å²) < 4.78 is 79.0. The average molecular weight is 389 g/mol. The lowest BCUT2D eigenvalue weighted by atomic mass is 9.94. The third-order valence-corrected chi connectivity index (χ3v) is 3.57. The maximum Gasteiger partial charge on any atom is 0.417 e. The summed E-state index contributed by atoms with van der Waals surface area (Å²) in [6, 6.07) is 1.82. The van der Waals surface area contributed by atoms with Gasteiger partial charge >= 0.3 is 12.4 Å². The van der Waals surface area contributed by atoms with Crippen molar-refractivity contribution in [3.63, 3.8) is 0 Å². The summed E-state index contributed by atoms with van der Waals surface area (Å²) in [4.78, 5) is 22.3. The first-order chi connectivity index (χ1) is 10.8. The summed E-state index contributed by atoms with van der Waals surface area (Å²) in [6.45, 7) is 0. The molecular formula is C14H4Cl2F6O2. The molecule has 24 heavy (non-hydrogen) atoms. The van der Waals surface area contributed by atoms with E-state index in [4.69, 9.17) is 23.2 Å². The largest absolute Gasteiger partial charge is 0.417 e. The number of fused-ring (bicyclic) bond motifs is 1. The molecule has 0 heterocycles. The molecule has 0 amide bonds. The van der Waals surface area contributed by atoms with Crippen LogP contribution in [0.5, 0.6) is 0 Å². The highest BCUT2D eigenvalue weighted by atomic mass is 35.5. The summed E-state index contributed by atoms with van der Waals surface area (Å²) in [7, 11) is 0. The van der Waals surface area contributed by atoms with Crippen LogP contribution in [0.2, 0.25) is 0 Å². The van der Waals surface area contributed by atoms with Crippen LogP contribution in [-0.4, -0.2) is 10.5 Å². The van der Waals surface area contributed by atoms with Gasteiger partial charge in [-0.25, -0.2) is 0 Å². The van der Waals surface area contributed by atoms with Crippen molar-refractivity contribution in [3.05, 3.63) is 46.5 Å². The van der Waals surface area contributed by atoms with E-state index in [0.717, 1.165) is 0 Å². The Hall–Kier alpha value is -1.80. The summed E-state index contributed by atoms with van der Waals surface area (Å²) in [6.07, 6.45) is -10.2. The smallest absolute Gasteiger partial charge is 0.276 e. The van der Waals surface area contributed by atoms with Crippen molar-refractivity contribution in [1.82, 2.24) is 0 Å². The number of benzene rings is 2. The van der Waals surface area contributed by atoms with Gasteiger partial charge in [0.05, 0.1) is 11.1 Å². The van der Waals surface area contributed by atoms with Gasteiger partial charge in [-0.2, -0.15) is 26.3 Å². The van der Waals surface area contributed by atoms with Gasteiger partial charge in [0.25, 0.3) is 10.5 Å². The first kappa shape index (κ1) is 18.5. The summed E-state index contributed by atoms with van der Waals surface area (Å²) in [5.74, 6) is 0. The van der Waals surface area contributed by atoms with Crippen LogP contribution in [-0.2, 0) is 12.4 Å². The monoisotopic (exact) mass is 388 g/mol. The fraction of sp³-hybridized carbons (Fsp3) is 0.143. The Bertz CT molecular complexity index is 784. The number of alkyl halides is 6. The molecule has 0 aliphatic rings. The number of halogens is 8. The molecule has 0 spiro atoms. The number of carbonyl (C=O) groups is 2. The maximum absolute atomic E-state index is 13.2. The minimum absolute atomic E-state index is 0.320. The molecule has 2 nitrogen and oxygen atoms in total. The number of hydrogen-bond acceptors (Lipinski definition) is 2. The van der Waals surface area contributed by atoms with E-state index in [1.165, 1.54) is 0 Å². The molecule has 0 aromatic heterocycles. The molecule has 2 aromatic carbocycles. The van der Waals surface area contributed by atoms with E-state index >= 15 is 0 Å². The van der Waals surface area contributed by atoms with Crippen molar-refractivity contribution in [2.45, 2.75) is 12.4 Å². The van der Waals surface area contributed by atoms with Crippen molar-refractivity contribution in [3.8, 4) is 0 Å². The highest BCUT2D eigenvalue weighted by Crippen LogP contribution is 2.42. The predicted octanol–water partition coefficient (Wildman–Crippen LogP) is 5.64. The molecule has 0 unspecified atom stereocenters. The van der Waals surface area contributed by atoms with Crippen LogP contribution in [0.1, 0.15) is 31.8 Å². The van der Waals surface area contributed by atoms with E-state index < -0.39 is 55.9 Å². The highest BCUT2D eigenvalue weighted by molar-refractivity contribution is 6.68. The van der Waals surface area contributed by atoms with Gasteiger partial charge in [-0.15, -0.1) is 0 Å². The number of hydrogen-bond donors (Lipinski definition) is 0. The van der Waals surface area contributed by atoms with Gasteiger partial charge in [0.15, 0.2) is 0 Å². The van der Waals surface area contributed by atoms with Gasteiger partial charge < -0.3 is 0 Å². The van der Waals surface area contributed by atoms with Crippen LogP contribution >= 0.6 is 23.2 Å². The fourth-order valence-corrected chi connectivity index (χ4v) is 2.38. The van der Waals surface area contributed by atoms with Gasteiger partial charge in [0.2, 0.25) is 0 Å². The maximum atomic E-state index is 13.2. The molecule has 128 valence electrons. The van der Waals surface area contributed by atoms with E-state index in [-0.39, 0.29) is 0 Å². The van der Waals surface area contributed by atoms with Crippen LogP contribution < -0.4 is 0 Å². The zero-order chi connectivity index (χ0) is 18.4. The van der Waals surface area contributed by atoms with Crippen molar-refractivity contribution in [2.75, 3.05) is 0 Å².